The Morgan fingerprint density at radius 2 is 1.77 bits per heavy atom. The van der Waals surface area contributed by atoms with Crippen molar-refractivity contribution in [3.8, 4) is 0 Å². The monoisotopic (exact) mass is 464 g/mol. The molecule has 0 aliphatic heterocycles. The van der Waals surface area contributed by atoms with Crippen LogP contribution in [0, 0.1) is 5.92 Å². The van der Waals surface area contributed by atoms with E-state index in [1.807, 2.05) is 6.92 Å². The minimum absolute atomic E-state index is 0.0973. The number of carbonyl (C=O) groups is 3. The molecule has 0 spiro atoms. The first-order chi connectivity index (χ1) is 14.3. The highest BCUT2D eigenvalue weighted by atomic mass is 31.2. The molecule has 0 aliphatic rings. The van der Waals surface area contributed by atoms with Crippen molar-refractivity contribution >= 4 is 31.3 Å². The van der Waals surface area contributed by atoms with Gasteiger partial charge in [0.25, 0.3) is 0 Å². The van der Waals surface area contributed by atoms with E-state index in [-0.39, 0.29) is 24.8 Å². The minimum atomic E-state index is -4.37. The van der Waals surface area contributed by atoms with E-state index in [0.29, 0.717) is 12.8 Å². The normalized spacial score (nSPS) is 15.5. The van der Waals surface area contributed by atoms with Gasteiger partial charge in [0.1, 0.15) is 12.1 Å². The van der Waals surface area contributed by atoms with Crippen LogP contribution in [0.1, 0.15) is 33.1 Å². The molecule has 14 heteroatoms. The average Bonchev–Trinajstić information content (AvgIpc) is 2.66. The van der Waals surface area contributed by atoms with E-state index in [1.165, 1.54) is 0 Å². The highest BCUT2D eigenvalue weighted by Crippen LogP contribution is 2.33. The summed E-state index contributed by atoms with van der Waals surface area (Å²) in [6.45, 7) is 3.83. The van der Waals surface area contributed by atoms with E-state index in [9.17, 15) is 24.1 Å². The Morgan fingerprint density at radius 1 is 1.16 bits per heavy atom. The van der Waals surface area contributed by atoms with Gasteiger partial charge in [0.15, 0.2) is 5.96 Å². The third-order valence-electron chi connectivity index (χ3n) is 4.37. The summed E-state index contributed by atoms with van der Waals surface area (Å²) >= 11 is 0. The maximum atomic E-state index is 12.6. The largest absolute Gasteiger partial charge is 0.479 e. The fourth-order valence-electron chi connectivity index (χ4n) is 2.33. The fourth-order valence-corrected chi connectivity index (χ4v) is 2.73. The molecular weight excluding hydrogens is 431 g/mol. The predicted octanol–water partition coefficient (Wildman–Crippen LogP) is -1.80. The van der Waals surface area contributed by atoms with Gasteiger partial charge in [-0.15, -0.1) is 0 Å². The standard InChI is InChI=1S/C17H33N6O7P/c1-3-10(2)13(18)15(25)22-11(6-4-8-21-17(19)20)14(24)23-12(16(26)27)7-5-9-31(28,29)30/h5,7,10-13H,3-4,6,8-9,18H2,1-2H3,(H,22,25)(H,23,24)(H,26,27)(H4,19,20,21)(H2,28,29,30)/b7-5+. The van der Waals surface area contributed by atoms with Crippen LogP contribution in [0.25, 0.3) is 0 Å². The first-order valence-corrected chi connectivity index (χ1v) is 11.4. The zero-order chi connectivity index (χ0) is 24.2. The van der Waals surface area contributed by atoms with Crippen LogP contribution in [0.15, 0.2) is 17.1 Å². The lowest BCUT2D eigenvalue weighted by molar-refractivity contribution is -0.140. The summed E-state index contributed by atoms with van der Waals surface area (Å²) in [4.78, 5) is 57.9. The average molecular weight is 464 g/mol. The van der Waals surface area contributed by atoms with Crippen molar-refractivity contribution in [1.29, 1.82) is 0 Å². The van der Waals surface area contributed by atoms with Gasteiger partial charge < -0.3 is 42.7 Å². The van der Waals surface area contributed by atoms with Crippen molar-refractivity contribution in [2.24, 2.45) is 28.1 Å². The molecule has 0 aliphatic carbocycles. The molecule has 0 bridgehead atoms. The van der Waals surface area contributed by atoms with Gasteiger partial charge >= 0.3 is 13.6 Å². The first kappa shape index (κ1) is 28.5. The number of aliphatic carboxylic acids is 1. The number of nitrogens with zero attached hydrogens (tertiary/aromatic N) is 1. The summed E-state index contributed by atoms with van der Waals surface area (Å²) in [7, 11) is -4.37. The van der Waals surface area contributed by atoms with Gasteiger partial charge in [-0.25, -0.2) is 4.79 Å². The summed E-state index contributed by atoms with van der Waals surface area (Å²) in [5, 5.41) is 14.0. The van der Waals surface area contributed by atoms with Crippen molar-refractivity contribution in [2.75, 3.05) is 12.7 Å². The second-order valence-corrected chi connectivity index (χ2v) is 8.72. The van der Waals surface area contributed by atoms with Crippen LogP contribution in [0.5, 0.6) is 0 Å². The Kier molecular flexibility index (Phi) is 12.7. The molecular formula is C17H33N6O7P. The van der Waals surface area contributed by atoms with Gasteiger partial charge in [0, 0.05) is 6.54 Å². The van der Waals surface area contributed by atoms with E-state index in [0.717, 1.165) is 12.2 Å². The lowest BCUT2D eigenvalue weighted by atomic mass is 9.98. The van der Waals surface area contributed by atoms with E-state index >= 15 is 0 Å². The number of amides is 2. The smallest absolute Gasteiger partial charge is 0.330 e. The number of guanidine groups is 1. The summed E-state index contributed by atoms with van der Waals surface area (Å²) in [6.07, 6.45) is 2.27. The molecule has 31 heavy (non-hydrogen) atoms. The zero-order valence-electron chi connectivity index (χ0n) is 17.6. The summed E-state index contributed by atoms with van der Waals surface area (Å²) in [5.74, 6) is -3.10. The molecule has 11 N–H and O–H groups in total. The summed E-state index contributed by atoms with van der Waals surface area (Å²) in [6, 6.07) is -3.54. The quantitative estimate of drug-likeness (QED) is 0.0471. The van der Waals surface area contributed by atoms with Crippen molar-refractivity contribution < 1.29 is 33.8 Å². The van der Waals surface area contributed by atoms with Crippen LogP contribution in [-0.4, -0.2) is 69.5 Å². The van der Waals surface area contributed by atoms with Gasteiger partial charge in [0.2, 0.25) is 11.8 Å². The number of carbonyl (C=O) groups excluding carboxylic acids is 2. The van der Waals surface area contributed by atoms with Gasteiger partial charge in [0.05, 0.1) is 12.2 Å². The highest BCUT2D eigenvalue weighted by molar-refractivity contribution is 7.51. The van der Waals surface area contributed by atoms with Crippen LogP contribution < -0.4 is 27.8 Å². The number of carboxylic acid groups (broad SMARTS) is 1. The molecule has 13 nitrogen and oxygen atoms in total. The number of carboxylic acids is 1. The maximum absolute atomic E-state index is 12.6. The number of nitrogens with one attached hydrogen (secondary N) is 2. The van der Waals surface area contributed by atoms with E-state index in [1.54, 1.807) is 6.92 Å². The fraction of sp³-hybridized carbons (Fsp3) is 0.647. The topological polar surface area (TPSA) is 243 Å². The molecule has 4 unspecified atom stereocenters. The molecule has 0 radical (unpaired) electrons. The molecule has 0 aromatic rings. The number of allylic oxidation sites excluding steroid dienone is 1. The first-order valence-electron chi connectivity index (χ1n) is 9.64. The minimum Gasteiger partial charge on any atom is -0.479 e. The van der Waals surface area contributed by atoms with Gasteiger partial charge in [-0.1, -0.05) is 32.4 Å². The van der Waals surface area contributed by atoms with Crippen molar-refractivity contribution in [1.82, 2.24) is 10.6 Å². The van der Waals surface area contributed by atoms with Crippen molar-refractivity contribution in [2.45, 2.75) is 51.2 Å². The summed E-state index contributed by atoms with van der Waals surface area (Å²) < 4.78 is 10.9. The van der Waals surface area contributed by atoms with Crippen LogP contribution in [-0.2, 0) is 18.9 Å². The molecule has 4 atom stereocenters. The van der Waals surface area contributed by atoms with Gasteiger partial charge in [-0.3, -0.25) is 19.1 Å². The molecule has 0 fully saturated rings. The van der Waals surface area contributed by atoms with Crippen molar-refractivity contribution in [3.05, 3.63) is 12.2 Å². The van der Waals surface area contributed by atoms with Crippen LogP contribution in [0.2, 0.25) is 0 Å². The molecule has 0 heterocycles. The number of hydrogen-bond acceptors (Lipinski definition) is 6. The highest BCUT2D eigenvalue weighted by Gasteiger charge is 2.28. The second kappa shape index (κ2) is 13.8. The van der Waals surface area contributed by atoms with Gasteiger partial charge in [-0.2, -0.15) is 0 Å². The molecule has 0 rings (SSSR count). The third-order valence-corrected chi connectivity index (χ3v) is 5.06. The van der Waals surface area contributed by atoms with Crippen LogP contribution in [0.3, 0.4) is 0 Å². The Labute approximate surface area is 180 Å². The molecule has 0 aromatic carbocycles. The number of hydrogen-bond donors (Lipinski definition) is 8. The molecule has 0 saturated heterocycles. The Morgan fingerprint density at radius 3 is 2.26 bits per heavy atom. The second-order valence-electron chi connectivity index (χ2n) is 7.02. The molecule has 0 saturated carbocycles. The van der Waals surface area contributed by atoms with E-state index < -0.39 is 49.7 Å². The van der Waals surface area contributed by atoms with Gasteiger partial charge in [-0.05, 0) is 18.8 Å². The molecule has 178 valence electrons. The summed E-state index contributed by atoms with van der Waals surface area (Å²) in [5.41, 5.74) is 16.4. The van der Waals surface area contributed by atoms with E-state index in [4.69, 9.17) is 27.0 Å². The lowest BCUT2D eigenvalue weighted by Crippen LogP contribution is -2.55. The lowest BCUT2D eigenvalue weighted by Gasteiger charge is -2.24. The Bertz CT molecular complexity index is 720. The third kappa shape index (κ3) is 12.7. The van der Waals surface area contributed by atoms with Crippen LogP contribution in [0.4, 0.5) is 0 Å². The molecule has 2 amide bonds. The predicted molar refractivity (Wildman–Crippen MR) is 115 cm³/mol. The number of rotatable bonds is 14. The maximum Gasteiger partial charge on any atom is 0.330 e. The SMILES string of the molecule is CCC(C)C(N)C(=O)NC(CCCN=C(N)N)C(=O)NC(/C=C/CP(=O)(O)O)C(=O)O. The Hall–Kier alpha value is -2.47. The van der Waals surface area contributed by atoms with Crippen LogP contribution >= 0.6 is 7.60 Å². The Balaban J connectivity index is 5.33. The number of aliphatic imine (C=N–C) groups is 1. The van der Waals surface area contributed by atoms with E-state index in [2.05, 4.69) is 15.6 Å². The zero-order valence-corrected chi connectivity index (χ0v) is 18.5. The molecule has 0 aromatic heterocycles. The number of nitrogens with two attached hydrogens (primary N) is 3. The van der Waals surface area contributed by atoms with Crippen molar-refractivity contribution in [3.63, 3.8) is 0 Å².